The predicted molar refractivity (Wildman–Crippen MR) is 104 cm³/mol. The number of hydrogen-bond donors (Lipinski definition) is 1. The Kier molecular flexibility index (Phi) is 8.13. The van der Waals surface area contributed by atoms with Gasteiger partial charge in [0, 0.05) is 6.42 Å². The molecule has 26 heavy (non-hydrogen) atoms. The molecule has 0 saturated heterocycles. The van der Waals surface area contributed by atoms with E-state index < -0.39 is 5.97 Å². The highest BCUT2D eigenvalue weighted by atomic mass is 16.5. The van der Waals surface area contributed by atoms with Gasteiger partial charge in [-0.3, -0.25) is 4.79 Å². The Balaban J connectivity index is 1.75. The van der Waals surface area contributed by atoms with Gasteiger partial charge in [-0.2, -0.15) is 0 Å². The zero-order valence-electron chi connectivity index (χ0n) is 15.5. The lowest BCUT2D eigenvalue weighted by molar-refractivity contribution is -0.134. The van der Waals surface area contributed by atoms with Crippen LogP contribution in [0, 0.1) is 0 Å². The van der Waals surface area contributed by atoms with Crippen molar-refractivity contribution in [3.05, 3.63) is 42.0 Å². The smallest absolute Gasteiger partial charge is 0.335 e. The molecule has 0 saturated carbocycles. The Morgan fingerprint density at radius 1 is 0.846 bits per heavy atom. The van der Waals surface area contributed by atoms with Crippen LogP contribution in [0.15, 0.2) is 36.4 Å². The lowest BCUT2D eigenvalue weighted by atomic mass is 10.1. The summed E-state index contributed by atoms with van der Waals surface area (Å²) in [6.07, 6.45) is 9.98. The number of esters is 1. The van der Waals surface area contributed by atoms with E-state index in [1.807, 2.05) is 0 Å². The van der Waals surface area contributed by atoms with Crippen LogP contribution in [-0.2, 0) is 4.79 Å². The second-order valence-electron chi connectivity index (χ2n) is 6.73. The molecule has 0 aliphatic rings. The van der Waals surface area contributed by atoms with Crippen molar-refractivity contribution in [2.45, 2.75) is 64.7 Å². The van der Waals surface area contributed by atoms with Crippen LogP contribution in [0.25, 0.3) is 10.8 Å². The summed E-state index contributed by atoms with van der Waals surface area (Å²) in [4.78, 5) is 23.0. The third-order valence-corrected chi connectivity index (χ3v) is 4.52. The largest absolute Gasteiger partial charge is 0.478 e. The second kappa shape index (κ2) is 10.6. The molecule has 0 aliphatic heterocycles. The fourth-order valence-electron chi connectivity index (χ4n) is 3.01. The van der Waals surface area contributed by atoms with Gasteiger partial charge < -0.3 is 9.84 Å². The van der Waals surface area contributed by atoms with E-state index in [9.17, 15) is 9.59 Å². The van der Waals surface area contributed by atoms with Crippen molar-refractivity contribution in [3.63, 3.8) is 0 Å². The van der Waals surface area contributed by atoms with Crippen molar-refractivity contribution < 1.29 is 19.4 Å². The fraction of sp³-hybridized carbons (Fsp3) is 0.455. The Labute approximate surface area is 155 Å². The van der Waals surface area contributed by atoms with E-state index in [1.165, 1.54) is 38.5 Å². The molecule has 0 spiro atoms. The standard InChI is InChI=1S/C22H28O4/c1-2-3-4-5-6-7-8-9-10-21(23)26-20-14-13-17-15-19(22(24)25)12-11-18(17)16-20/h11-16H,2-10H2,1H3,(H,24,25). The van der Waals surface area contributed by atoms with Gasteiger partial charge in [-0.15, -0.1) is 0 Å². The zero-order valence-corrected chi connectivity index (χ0v) is 15.5. The lowest BCUT2D eigenvalue weighted by Crippen LogP contribution is -2.07. The first kappa shape index (κ1) is 20.0. The summed E-state index contributed by atoms with van der Waals surface area (Å²) in [5.41, 5.74) is 0.247. The van der Waals surface area contributed by atoms with Crippen LogP contribution in [0.5, 0.6) is 5.75 Å². The quantitative estimate of drug-likeness (QED) is 0.306. The number of carbonyl (C=O) groups is 2. The van der Waals surface area contributed by atoms with Crippen molar-refractivity contribution in [2.75, 3.05) is 0 Å². The van der Waals surface area contributed by atoms with E-state index in [0.717, 1.165) is 23.6 Å². The molecular weight excluding hydrogens is 328 g/mol. The average Bonchev–Trinajstić information content (AvgIpc) is 2.63. The maximum Gasteiger partial charge on any atom is 0.335 e. The molecule has 140 valence electrons. The molecule has 0 aliphatic carbocycles. The summed E-state index contributed by atoms with van der Waals surface area (Å²) in [5.74, 6) is -0.657. The molecule has 4 heteroatoms. The molecule has 0 atom stereocenters. The number of hydrogen-bond acceptors (Lipinski definition) is 3. The van der Waals surface area contributed by atoms with Gasteiger partial charge in [0.15, 0.2) is 0 Å². The van der Waals surface area contributed by atoms with Crippen LogP contribution < -0.4 is 4.74 Å². The van der Waals surface area contributed by atoms with E-state index >= 15 is 0 Å². The van der Waals surface area contributed by atoms with Gasteiger partial charge in [-0.1, -0.05) is 64.0 Å². The second-order valence-corrected chi connectivity index (χ2v) is 6.73. The number of ether oxygens (including phenoxy) is 1. The van der Waals surface area contributed by atoms with E-state index in [4.69, 9.17) is 9.84 Å². The van der Waals surface area contributed by atoms with Gasteiger partial charge in [-0.05, 0) is 41.5 Å². The monoisotopic (exact) mass is 356 g/mol. The van der Waals surface area contributed by atoms with Crippen molar-refractivity contribution in [1.82, 2.24) is 0 Å². The van der Waals surface area contributed by atoms with Gasteiger partial charge in [0.1, 0.15) is 5.75 Å². The summed E-state index contributed by atoms with van der Waals surface area (Å²) >= 11 is 0. The first-order valence-electron chi connectivity index (χ1n) is 9.58. The summed E-state index contributed by atoms with van der Waals surface area (Å²) in [6, 6.07) is 10.2. The highest BCUT2D eigenvalue weighted by molar-refractivity contribution is 5.94. The molecule has 4 nitrogen and oxygen atoms in total. The summed E-state index contributed by atoms with van der Waals surface area (Å²) in [7, 11) is 0. The third kappa shape index (κ3) is 6.51. The number of carbonyl (C=O) groups excluding carboxylic acids is 1. The number of unbranched alkanes of at least 4 members (excludes halogenated alkanes) is 7. The molecule has 0 radical (unpaired) electrons. The minimum Gasteiger partial charge on any atom is -0.478 e. The molecule has 0 aromatic heterocycles. The van der Waals surface area contributed by atoms with Gasteiger partial charge in [-0.25, -0.2) is 4.79 Å². The van der Waals surface area contributed by atoms with Gasteiger partial charge >= 0.3 is 11.9 Å². The van der Waals surface area contributed by atoms with Crippen molar-refractivity contribution in [1.29, 1.82) is 0 Å². The van der Waals surface area contributed by atoms with Crippen LogP contribution >= 0.6 is 0 Å². The molecule has 2 aromatic carbocycles. The van der Waals surface area contributed by atoms with E-state index in [1.54, 1.807) is 36.4 Å². The lowest BCUT2D eigenvalue weighted by Gasteiger charge is -2.06. The Morgan fingerprint density at radius 2 is 1.46 bits per heavy atom. The molecule has 0 bridgehead atoms. The minimum absolute atomic E-state index is 0.211. The number of fused-ring (bicyclic) bond motifs is 1. The maximum atomic E-state index is 12.0. The number of benzene rings is 2. The first-order chi connectivity index (χ1) is 12.6. The first-order valence-corrected chi connectivity index (χ1v) is 9.58. The molecule has 1 N–H and O–H groups in total. The molecule has 0 heterocycles. The number of aromatic carboxylic acids is 1. The zero-order chi connectivity index (χ0) is 18.8. The Bertz CT molecular complexity index is 736. The Morgan fingerprint density at radius 3 is 2.15 bits per heavy atom. The van der Waals surface area contributed by atoms with Crippen molar-refractivity contribution in [3.8, 4) is 5.75 Å². The van der Waals surface area contributed by atoms with Gasteiger partial charge in [0.05, 0.1) is 5.56 Å². The molecule has 2 rings (SSSR count). The van der Waals surface area contributed by atoms with E-state index in [2.05, 4.69) is 6.92 Å². The topological polar surface area (TPSA) is 63.6 Å². The molecule has 0 fully saturated rings. The van der Waals surface area contributed by atoms with Crippen molar-refractivity contribution >= 4 is 22.7 Å². The highest BCUT2D eigenvalue weighted by Crippen LogP contribution is 2.23. The summed E-state index contributed by atoms with van der Waals surface area (Å²) < 4.78 is 5.40. The summed E-state index contributed by atoms with van der Waals surface area (Å²) in [5, 5.41) is 10.7. The molecular formula is C22H28O4. The third-order valence-electron chi connectivity index (χ3n) is 4.52. The van der Waals surface area contributed by atoms with Crippen LogP contribution in [0.1, 0.15) is 75.1 Å². The highest BCUT2D eigenvalue weighted by Gasteiger charge is 2.07. The Hall–Kier alpha value is -2.36. The molecule has 2 aromatic rings. The van der Waals surface area contributed by atoms with Crippen molar-refractivity contribution in [2.24, 2.45) is 0 Å². The van der Waals surface area contributed by atoms with Crippen LogP contribution in [0.3, 0.4) is 0 Å². The van der Waals surface area contributed by atoms with Gasteiger partial charge in [0.25, 0.3) is 0 Å². The molecule has 0 unspecified atom stereocenters. The molecule has 0 amide bonds. The van der Waals surface area contributed by atoms with E-state index in [-0.39, 0.29) is 11.5 Å². The SMILES string of the molecule is CCCCCCCCCCC(=O)Oc1ccc2cc(C(=O)O)ccc2c1. The van der Waals surface area contributed by atoms with Crippen LogP contribution in [0.4, 0.5) is 0 Å². The fourth-order valence-corrected chi connectivity index (χ4v) is 3.01. The predicted octanol–water partition coefficient (Wildman–Crippen LogP) is 5.97. The van der Waals surface area contributed by atoms with Crippen LogP contribution in [0.2, 0.25) is 0 Å². The summed E-state index contributed by atoms with van der Waals surface area (Å²) in [6.45, 7) is 2.22. The normalized spacial score (nSPS) is 10.8. The number of carboxylic acids is 1. The number of rotatable bonds is 11. The van der Waals surface area contributed by atoms with E-state index in [0.29, 0.717) is 12.2 Å². The van der Waals surface area contributed by atoms with Gasteiger partial charge in [0.2, 0.25) is 0 Å². The minimum atomic E-state index is -0.951. The number of carboxylic acid groups (broad SMARTS) is 1. The van der Waals surface area contributed by atoms with Crippen LogP contribution in [-0.4, -0.2) is 17.0 Å². The average molecular weight is 356 g/mol. The maximum absolute atomic E-state index is 12.0.